The molecular weight excluding hydrogens is 518 g/mol. The zero-order valence-electron chi connectivity index (χ0n) is 19.2. The maximum atomic E-state index is 12.3. The van der Waals surface area contributed by atoms with Gasteiger partial charge >= 0.3 is 0 Å². The second-order valence-electron chi connectivity index (χ2n) is 7.32. The van der Waals surface area contributed by atoms with E-state index in [0.29, 0.717) is 39.5 Å². The van der Waals surface area contributed by atoms with Gasteiger partial charge in [0.05, 0.1) is 29.3 Å². The van der Waals surface area contributed by atoms with Gasteiger partial charge in [0, 0.05) is 17.7 Å². The molecule has 35 heavy (non-hydrogen) atoms. The number of carbonyl (C=O) groups is 1. The van der Waals surface area contributed by atoms with Gasteiger partial charge in [0.25, 0.3) is 11.6 Å². The number of nitrogens with zero attached hydrogens (tertiary/aromatic N) is 2. The van der Waals surface area contributed by atoms with Crippen LogP contribution in [0.3, 0.4) is 0 Å². The first-order valence-electron chi connectivity index (χ1n) is 10.7. The summed E-state index contributed by atoms with van der Waals surface area (Å²) in [6.07, 6.45) is 2.40. The van der Waals surface area contributed by atoms with Crippen LogP contribution < -0.4 is 19.6 Å². The van der Waals surface area contributed by atoms with Crippen LogP contribution in [0, 0.1) is 10.1 Å². The Morgan fingerprint density at radius 1 is 1.11 bits per heavy atom. The molecule has 0 saturated carbocycles. The second-order valence-corrected chi connectivity index (χ2v) is 8.17. The molecule has 1 N–H and O–H groups in total. The summed E-state index contributed by atoms with van der Waals surface area (Å²) < 4.78 is 17.4. The fraction of sp³-hybridized carbons (Fsp3) is 0.200. The van der Waals surface area contributed by atoms with Gasteiger partial charge in [0.2, 0.25) is 0 Å². The number of hydrogen-bond acceptors (Lipinski definition) is 7. The molecule has 3 aromatic carbocycles. The Hall–Kier alpha value is -3.92. The largest absolute Gasteiger partial charge is 0.494 e. The van der Waals surface area contributed by atoms with Gasteiger partial charge in [0.1, 0.15) is 12.4 Å². The van der Waals surface area contributed by atoms with E-state index in [4.69, 9.17) is 14.2 Å². The number of non-ortho nitro benzene ring substituents is 1. The predicted molar refractivity (Wildman–Crippen MR) is 135 cm³/mol. The van der Waals surface area contributed by atoms with Crippen molar-refractivity contribution in [1.29, 1.82) is 0 Å². The number of benzene rings is 3. The summed E-state index contributed by atoms with van der Waals surface area (Å²) in [6.45, 7) is 2.84. The standard InChI is InChI=1S/C25H24BrN3O6/c1-3-12-34-21-10-6-19(7-11-21)25(30)28-27-15-18-13-22(26)24(23(14-18)33-2)35-16-17-4-8-20(9-5-17)29(31)32/h4-11,13-15H,3,12,16H2,1-2H3,(H,28,30)/b27-15+. The average molecular weight is 542 g/mol. The molecule has 0 aliphatic rings. The number of carbonyl (C=O) groups excluding carboxylic acids is 1. The van der Waals surface area contributed by atoms with Crippen molar-refractivity contribution in [2.75, 3.05) is 13.7 Å². The summed E-state index contributed by atoms with van der Waals surface area (Å²) in [7, 11) is 1.51. The number of ether oxygens (including phenoxy) is 3. The Kier molecular flexibility index (Phi) is 9.19. The van der Waals surface area contributed by atoms with Gasteiger partial charge in [-0.1, -0.05) is 6.92 Å². The number of nitrogens with one attached hydrogen (secondary N) is 1. The van der Waals surface area contributed by atoms with Crippen LogP contribution in [-0.2, 0) is 6.61 Å². The van der Waals surface area contributed by atoms with E-state index in [1.807, 2.05) is 6.92 Å². The maximum Gasteiger partial charge on any atom is 0.271 e. The third-order valence-electron chi connectivity index (χ3n) is 4.75. The molecule has 1 amide bonds. The van der Waals surface area contributed by atoms with Gasteiger partial charge in [-0.05, 0) is 82.0 Å². The number of methoxy groups -OCH3 is 1. The van der Waals surface area contributed by atoms with Crippen LogP contribution in [0.2, 0.25) is 0 Å². The van der Waals surface area contributed by atoms with E-state index in [1.165, 1.54) is 25.5 Å². The molecule has 0 fully saturated rings. The fourth-order valence-corrected chi connectivity index (χ4v) is 3.55. The fourth-order valence-electron chi connectivity index (χ4n) is 2.98. The number of rotatable bonds is 11. The van der Waals surface area contributed by atoms with Gasteiger partial charge in [-0.3, -0.25) is 14.9 Å². The van der Waals surface area contributed by atoms with E-state index in [1.54, 1.807) is 48.5 Å². The molecule has 9 nitrogen and oxygen atoms in total. The van der Waals surface area contributed by atoms with Crippen molar-refractivity contribution in [3.8, 4) is 17.2 Å². The van der Waals surface area contributed by atoms with E-state index in [2.05, 4.69) is 26.5 Å². The molecule has 0 heterocycles. The molecule has 0 atom stereocenters. The highest BCUT2D eigenvalue weighted by molar-refractivity contribution is 9.10. The lowest BCUT2D eigenvalue weighted by atomic mass is 10.2. The zero-order valence-corrected chi connectivity index (χ0v) is 20.8. The highest BCUT2D eigenvalue weighted by Crippen LogP contribution is 2.37. The summed E-state index contributed by atoms with van der Waals surface area (Å²) in [6, 6.07) is 16.4. The number of nitro groups is 1. The third kappa shape index (κ3) is 7.28. The van der Waals surface area contributed by atoms with E-state index < -0.39 is 4.92 Å². The smallest absolute Gasteiger partial charge is 0.271 e. The van der Waals surface area contributed by atoms with Crippen molar-refractivity contribution < 1.29 is 23.9 Å². The number of nitro benzene ring substituents is 1. The van der Waals surface area contributed by atoms with Gasteiger partial charge in [-0.25, -0.2) is 5.43 Å². The first-order chi connectivity index (χ1) is 16.9. The second kappa shape index (κ2) is 12.5. The van der Waals surface area contributed by atoms with Crippen molar-refractivity contribution in [2.24, 2.45) is 5.10 Å². The van der Waals surface area contributed by atoms with Gasteiger partial charge in [-0.15, -0.1) is 0 Å². The summed E-state index contributed by atoms with van der Waals surface area (Å²) in [4.78, 5) is 22.7. The van der Waals surface area contributed by atoms with Crippen LogP contribution in [0.25, 0.3) is 0 Å². The zero-order chi connectivity index (χ0) is 25.2. The first kappa shape index (κ1) is 25.7. The van der Waals surface area contributed by atoms with E-state index >= 15 is 0 Å². The monoisotopic (exact) mass is 541 g/mol. The summed E-state index contributed by atoms with van der Waals surface area (Å²) in [5, 5.41) is 14.8. The maximum absolute atomic E-state index is 12.3. The molecule has 3 aromatic rings. The number of hydrogen-bond donors (Lipinski definition) is 1. The molecule has 0 unspecified atom stereocenters. The molecule has 0 aliphatic heterocycles. The van der Waals surface area contributed by atoms with E-state index in [-0.39, 0.29) is 18.2 Å². The topological polar surface area (TPSA) is 112 Å². The lowest BCUT2D eigenvalue weighted by Crippen LogP contribution is -2.17. The van der Waals surface area contributed by atoms with Crippen molar-refractivity contribution in [1.82, 2.24) is 5.43 Å². The summed E-state index contributed by atoms with van der Waals surface area (Å²) in [5.74, 6) is 1.28. The van der Waals surface area contributed by atoms with Crippen LogP contribution in [0.15, 0.2) is 70.2 Å². The third-order valence-corrected chi connectivity index (χ3v) is 5.34. The highest BCUT2D eigenvalue weighted by atomic mass is 79.9. The van der Waals surface area contributed by atoms with Crippen LogP contribution in [0.1, 0.15) is 34.8 Å². The summed E-state index contributed by atoms with van der Waals surface area (Å²) in [5.41, 5.74) is 4.40. The van der Waals surface area contributed by atoms with Crippen LogP contribution >= 0.6 is 15.9 Å². The SMILES string of the molecule is CCCOc1ccc(C(=O)N/N=C/c2cc(Br)c(OCc3ccc([N+](=O)[O-])cc3)c(OC)c2)cc1. The Balaban J connectivity index is 1.62. The molecule has 0 radical (unpaired) electrons. The predicted octanol–water partition coefficient (Wildman–Crippen LogP) is 5.50. The van der Waals surface area contributed by atoms with Crippen molar-refractivity contribution >= 4 is 33.7 Å². The lowest BCUT2D eigenvalue weighted by Gasteiger charge is -2.13. The van der Waals surface area contributed by atoms with Crippen molar-refractivity contribution in [2.45, 2.75) is 20.0 Å². The van der Waals surface area contributed by atoms with E-state index in [9.17, 15) is 14.9 Å². The summed E-state index contributed by atoms with van der Waals surface area (Å²) >= 11 is 3.47. The van der Waals surface area contributed by atoms with Crippen molar-refractivity contribution in [3.05, 3.63) is 91.9 Å². The number of hydrazone groups is 1. The number of halogens is 1. The van der Waals surface area contributed by atoms with Crippen LogP contribution in [0.5, 0.6) is 17.2 Å². The van der Waals surface area contributed by atoms with Gasteiger partial charge < -0.3 is 14.2 Å². The normalized spacial score (nSPS) is 10.7. The van der Waals surface area contributed by atoms with Crippen LogP contribution in [-0.4, -0.2) is 30.8 Å². The molecule has 0 spiro atoms. The molecular formula is C25H24BrN3O6. The molecule has 182 valence electrons. The molecule has 0 aromatic heterocycles. The molecule has 3 rings (SSSR count). The molecule has 10 heteroatoms. The molecule has 0 bridgehead atoms. The highest BCUT2D eigenvalue weighted by Gasteiger charge is 2.12. The van der Waals surface area contributed by atoms with Gasteiger partial charge in [0.15, 0.2) is 11.5 Å². The Bertz CT molecular complexity index is 1200. The van der Waals surface area contributed by atoms with Crippen LogP contribution in [0.4, 0.5) is 5.69 Å². The van der Waals surface area contributed by atoms with Gasteiger partial charge in [-0.2, -0.15) is 5.10 Å². The van der Waals surface area contributed by atoms with Crippen molar-refractivity contribution in [3.63, 3.8) is 0 Å². The number of amides is 1. The average Bonchev–Trinajstić information content (AvgIpc) is 2.87. The Morgan fingerprint density at radius 2 is 1.83 bits per heavy atom. The first-order valence-corrected chi connectivity index (χ1v) is 11.5. The Labute approximate surface area is 211 Å². The molecule has 0 aliphatic carbocycles. The van der Waals surface area contributed by atoms with E-state index in [0.717, 1.165) is 12.0 Å². The lowest BCUT2D eigenvalue weighted by molar-refractivity contribution is -0.384. The quantitative estimate of drug-likeness (QED) is 0.195. The minimum Gasteiger partial charge on any atom is -0.494 e. The Morgan fingerprint density at radius 3 is 2.46 bits per heavy atom. The molecule has 0 saturated heterocycles. The minimum atomic E-state index is -0.452. The minimum absolute atomic E-state index is 0.0150.